The Labute approximate surface area is 232 Å². The van der Waals surface area contributed by atoms with Crippen LogP contribution in [0.5, 0.6) is 0 Å². The predicted octanol–water partition coefficient (Wildman–Crippen LogP) is 1.88. The Kier molecular flexibility index (Phi) is 7.72. The molecule has 1 fully saturated rings. The second kappa shape index (κ2) is 10.7. The molecule has 0 aromatic carbocycles. The van der Waals surface area contributed by atoms with E-state index in [0.29, 0.717) is 38.5 Å². The van der Waals surface area contributed by atoms with Crippen LogP contribution < -0.4 is 15.5 Å². The van der Waals surface area contributed by atoms with Gasteiger partial charge in [0.1, 0.15) is 28.6 Å². The first kappa shape index (κ1) is 28.8. The SMILES string of the molecule is CC(C)(C)OC(=O)[C@H]1CN(c2ncc3c(n2)CCN(C(=O)OC(C)(C)C)C3)CCN1c1ncc(C(=O)O)c(N)n1. The van der Waals surface area contributed by atoms with Gasteiger partial charge in [-0.05, 0) is 41.5 Å². The number of carbonyl (C=O) groups is 3. The quantitative estimate of drug-likeness (QED) is 0.522. The van der Waals surface area contributed by atoms with Crippen molar-refractivity contribution in [2.45, 2.75) is 71.8 Å². The summed E-state index contributed by atoms with van der Waals surface area (Å²) in [5.74, 6) is -1.34. The zero-order valence-corrected chi connectivity index (χ0v) is 23.7. The minimum absolute atomic E-state index is 0.131. The van der Waals surface area contributed by atoms with Crippen LogP contribution in [0.3, 0.4) is 0 Å². The summed E-state index contributed by atoms with van der Waals surface area (Å²) in [4.78, 5) is 60.0. The molecule has 0 unspecified atom stereocenters. The Morgan fingerprint density at radius 3 is 2.25 bits per heavy atom. The molecule has 0 aliphatic carbocycles. The standard InChI is InChI=1S/C26H36N8O6/c1-25(2,3)39-21(37)18-14-32(9-10-34(18)23-29-12-16(20(35)36)19(27)31-23)22-28-11-15-13-33(8-7-17(15)30-22)24(38)40-26(4,5)6/h11-12,18H,7-10,13-14H2,1-6H3,(H,35,36)(H2,27,29,31)/t18-/m1/s1. The second-order valence-electron chi connectivity index (χ2n) is 11.8. The van der Waals surface area contributed by atoms with Crippen molar-refractivity contribution < 1.29 is 29.0 Å². The van der Waals surface area contributed by atoms with Crippen LogP contribution in [0.1, 0.15) is 63.2 Å². The number of aromatic nitrogens is 4. The van der Waals surface area contributed by atoms with Gasteiger partial charge in [-0.25, -0.2) is 29.3 Å². The molecule has 0 saturated carbocycles. The van der Waals surface area contributed by atoms with E-state index in [-0.39, 0.29) is 30.0 Å². The number of nitrogens with two attached hydrogens (primary N) is 1. The molecule has 4 rings (SSSR count). The lowest BCUT2D eigenvalue weighted by molar-refractivity contribution is -0.156. The fourth-order valence-electron chi connectivity index (χ4n) is 4.40. The Morgan fingerprint density at radius 1 is 0.950 bits per heavy atom. The van der Waals surface area contributed by atoms with E-state index in [1.165, 1.54) is 0 Å². The highest BCUT2D eigenvalue weighted by atomic mass is 16.6. The first-order valence-electron chi connectivity index (χ1n) is 13.0. The van der Waals surface area contributed by atoms with Crippen LogP contribution in [0, 0.1) is 0 Å². The molecular formula is C26H36N8O6. The van der Waals surface area contributed by atoms with E-state index in [4.69, 9.17) is 20.2 Å². The molecular weight excluding hydrogens is 520 g/mol. The number of nitrogen functional groups attached to an aromatic ring is 1. The second-order valence-corrected chi connectivity index (χ2v) is 11.8. The summed E-state index contributed by atoms with van der Waals surface area (Å²) >= 11 is 0. The van der Waals surface area contributed by atoms with Crippen molar-refractivity contribution in [3.05, 3.63) is 29.2 Å². The van der Waals surface area contributed by atoms with Crippen LogP contribution in [0.25, 0.3) is 0 Å². The summed E-state index contributed by atoms with van der Waals surface area (Å²) in [5, 5.41) is 9.27. The molecule has 4 heterocycles. The third-order valence-corrected chi connectivity index (χ3v) is 6.21. The summed E-state index contributed by atoms with van der Waals surface area (Å²) in [6, 6.07) is -0.828. The van der Waals surface area contributed by atoms with Crippen LogP contribution in [0.15, 0.2) is 12.4 Å². The number of amides is 1. The number of hydrogen-bond acceptors (Lipinski definition) is 12. The highest BCUT2D eigenvalue weighted by molar-refractivity contribution is 5.92. The van der Waals surface area contributed by atoms with E-state index in [2.05, 4.69) is 15.0 Å². The molecule has 1 saturated heterocycles. The lowest BCUT2D eigenvalue weighted by atomic mass is 10.1. The normalized spacial score (nSPS) is 17.8. The number of piperazine rings is 1. The molecule has 2 aliphatic heterocycles. The average Bonchev–Trinajstić information content (AvgIpc) is 2.85. The molecule has 1 atom stereocenters. The molecule has 2 aromatic rings. The Morgan fingerprint density at radius 2 is 1.62 bits per heavy atom. The zero-order chi connectivity index (χ0) is 29.4. The van der Waals surface area contributed by atoms with Gasteiger partial charge in [0.25, 0.3) is 0 Å². The van der Waals surface area contributed by atoms with Gasteiger partial charge in [0.05, 0.1) is 18.8 Å². The Hall–Kier alpha value is -4.23. The Balaban J connectivity index is 1.55. The van der Waals surface area contributed by atoms with Gasteiger partial charge in [-0.2, -0.15) is 4.98 Å². The number of fused-ring (bicyclic) bond motifs is 1. The van der Waals surface area contributed by atoms with Gasteiger partial charge >= 0.3 is 18.0 Å². The van der Waals surface area contributed by atoms with Crippen molar-refractivity contribution in [2.75, 3.05) is 41.7 Å². The summed E-state index contributed by atoms with van der Waals surface area (Å²) < 4.78 is 11.2. The first-order valence-corrected chi connectivity index (χ1v) is 13.0. The number of aromatic carboxylic acids is 1. The van der Waals surface area contributed by atoms with Crippen molar-refractivity contribution in [3.8, 4) is 0 Å². The largest absolute Gasteiger partial charge is 0.477 e. The van der Waals surface area contributed by atoms with Crippen LogP contribution in [0.4, 0.5) is 22.5 Å². The van der Waals surface area contributed by atoms with Crippen molar-refractivity contribution in [2.24, 2.45) is 0 Å². The van der Waals surface area contributed by atoms with Gasteiger partial charge in [0.15, 0.2) is 0 Å². The minimum atomic E-state index is -1.24. The summed E-state index contributed by atoms with van der Waals surface area (Å²) in [6.07, 6.45) is 3.00. The molecule has 0 radical (unpaired) electrons. The molecule has 0 bridgehead atoms. The zero-order valence-electron chi connectivity index (χ0n) is 23.7. The molecule has 216 valence electrons. The van der Waals surface area contributed by atoms with Crippen molar-refractivity contribution in [1.82, 2.24) is 24.8 Å². The lowest BCUT2D eigenvalue weighted by Gasteiger charge is -2.41. The van der Waals surface area contributed by atoms with Crippen molar-refractivity contribution in [1.29, 1.82) is 0 Å². The highest BCUT2D eigenvalue weighted by Crippen LogP contribution is 2.26. The molecule has 3 N–H and O–H groups in total. The fourth-order valence-corrected chi connectivity index (χ4v) is 4.40. The lowest BCUT2D eigenvalue weighted by Crippen LogP contribution is -2.58. The van der Waals surface area contributed by atoms with Crippen LogP contribution >= 0.6 is 0 Å². The summed E-state index contributed by atoms with van der Waals surface area (Å²) in [6.45, 7) is 12.6. The van der Waals surface area contributed by atoms with Crippen LogP contribution in [-0.4, -0.2) is 91.4 Å². The van der Waals surface area contributed by atoms with Gasteiger partial charge < -0.3 is 35.0 Å². The van der Waals surface area contributed by atoms with Crippen LogP contribution in [-0.2, 0) is 27.2 Å². The number of ether oxygens (including phenoxy) is 2. The van der Waals surface area contributed by atoms with Crippen molar-refractivity contribution >= 4 is 35.7 Å². The molecule has 2 aliphatic rings. The molecule has 0 spiro atoms. The molecule has 40 heavy (non-hydrogen) atoms. The number of carboxylic acids is 1. The maximum Gasteiger partial charge on any atom is 0.410 e. The van der Waals surface area contributed by atoms with E-state index < -0.39 is 29.2 Å². The number of esters is 1. The first-order chi connectivity index (χ1) is 18.6. The maximum absolute atomic E-state index is 13.3. The van der Waals surface area contributed by atoms with Gasteiger partial charge in [-0.3, -0.25) is 0 Å². The number of carbonyl (C=O) groups excluding carboxylic acids is 2. The predicted molar refractivity (Wildman–Crippen MR) is 145 cm³/mol. The van der Waals surface area contributed by atoms with Gasteiger partial charge in [0, 0.05) is 44.0 Å². The minimum Gasteiger partial charge on any atom is -0.477 e. The monoisotopic (exact) mass is 556 g/mol. The molecule has 14 heteroatoms. The van der Waals surface area contributed by atoms with Gasteiger partial charge in [0.2, 0.25) is 11.9 Å². The third-order valence-electron chi connectivity index (χ3n) is 6.21. The Bertz CT molecular complexity index is 1310. The van der Waals surface area contributed by atoms with E-state index in [1.807, 2.05) is 25.7 Å². The van der Waals surface area contributed by atoms with E-state index in [9.17, 15) is 19.5 Å². The number of nitrogens with zero attached hydrogens (tertiary/aromatic N) is 7. The highest BCUT2D eigenvalue weighted by Gasteiger charge is 2.38. The van der Waals surface area contributed by atoms with E-state index in [1.54, 1.807) is 36.8 Å². The molecule has 14 nitrogen and oxygen atoms in total. The smallest absolute Gasteiger partial charge is 0.410 e. The molecule has 2 aromatic heterocycles. The molecule has 1 amide bonds. The average molecular weight is 557 g/mol. The number of anilines is 3. The van der Waals surface area contributed by atoms with Gasteiger partial charge in [-0.15, -0.1) is 0 Å². The number of rotatable bonds is 4. The van der Waals surface area contributed by atoms with E-state index in [0.717, 1.165) is 17.5 Å². The topological polar surface area (TPSA) is 177 Å². The third kappa shape index (κ3) is 6.66. The van der Waals surface area contributed by atoms with E-state index >= 15 is 0 Å². The fraction of sp³-hybridized carbons (Fsp3) is 0.577. The summed E-state index contributed by atoms with van der Waals surface area (Å²) in [7, 11) is 0. The van der Waals surface area contributed by atoms with Gasteiger partial charge in [-0.1, -0.05) is 0 Å². The maximum atomic E-state index is 13.3. The number of hydrogen-bond donors (Lipinski definition) is 2. The summed E-state index contributed by atoms with van der Waals surface area (Å²) in [5.41, 5.74) is 5.99. The van der Waals surface area contributed by atoms with Crippen LogP contribution in [0.2, 0.25) is 0 Å². The van der Waals surface area contributed by atoms with Crippen molar-refractivity contribution in [3.63, 3.8) is 0 Å². The number of carboxylic acid groups (broad SMARTS) is 1.